The van der Waals surface area contributed by atoms with Crippen LogP contribution in [0.15, 0.2) is 11.8 Å². The summed E-state index contributed by atoms with van der Waals surface area (Å²) in [6.45, 7) is 7.65. The van der Waals surface area contributed by atoms with Gasteiger partial charge in [-0.05, 0) is 13.8 Å². The average molecular weight is 234 g/mol. The van der Waals surface area contributed by atoms with E-state index in [1.807, 2.05) is 6.92 Å². The summed E-state index contributed by atoms with van der Waals surface area (Å²) in [6.07, 6.45) is 0.845. The Hall–Kier alpha value is -0.116. The fourth-order valence-electron chi connectivity index (χ4n) is 0.765. The number of rotatable bonds is 5. The van der Waals surface area contributed by atoms with Crippen LogP contribution in [-0.2, 0) is 31.2 Å². The van der Waals surface area contributed by atoms with Crippen molar-refractivity contribution in [2.24, 2.45) is 5.92 Å². The number of carbonyl (C=O) groups is 1. The van der Waals surface area contributed by atoms with E-state index in [1.165, 1.54) is 6.08 Å². The molecule has 0 saturated heterocycles. The summed E-state index contributed by atoms with van der Waals surface area (Å²) in [4.78, 5) is 11.2. The molecule has 80 valence electrons. The number of hydrogen-bond acceptors (Lipinski definition) is 3. The van der Waals surface area contributed by atoms with Gasteiger partial charge in [-0.25, -0.2) is 0 Å². The van der Waals surface area contributed by atoms with Gasteiger partial charge in [0.2, 0.25) is 0 Å². The van der Waals surface area contributed by atoms with Crippen molar-refractivity contribution in [3.05, 3.63) is 11.8 Å². The Morgan fingerprint density at radius 3 is 2.29 bits per heavy atom. The van der Waals surface area contributed by atoms with E-state index in [9.17, 15) is 9.90 Å². The van der Waals surface area contributed by atoms with E-state index in [0.29, 0.717) is 6.61 Å². The Kier molecular flexibility index (Phi) is 9.57. The molecule has 0 radical (unpaired) electrons. The van der Waals surface area contributed by atoms with Gasteiger partial charge in [0.1, 0.15) is 11.9 Å². The summed E-state index contributed by atoms with van der Waals surface area (Å²) in [7, 11) is 0. The second-order valence-electron chi connectivity index (χ2n) is 3.22. The largest absolute Gasteiger partial charge is 0.509 e. The van der Waals surface area contributed by atoms with Gasteiger partial charge in [0.25, 0.3) is 0 Å². The monoisotopic (exact) mass is 234 g/mol. The van der Waals surface area contributed by atoms with Crippen LogP contribution in [-0.4, -0.2) is 23.6 Å². The first-order valence-corrected chi connectivity index (χ1v) is 4.55. The normalized spacial score (nSPS) is 13.6. The molecular formula is C10H18O3Ti. The number of carbonyl (C=O) groups excluding carboxylic acids is 1. The fourth-order valence-corrected chi connectivity index (χ4v) is 0.765. The molecule has 0 aromatic carbocycles. The van der Waals surface area contributed by atoms with Crippen molar-refractivity contribution in [3.63, 3.8) is 0 Å². The molecule has 0 bridgehead atoms. The Morgan fingerprint density at radius 2 is 1.93 bits per heavy atom. The maximum absolute atomic E-state index is 11.2. The summed E-state index contributed by atoms with van der Waals surface area (Å²) in [5.41, 5.74) is 0. The number of aliphatic hydroxyl groups is 1. The zero-order valence-electron chi connectivity index (χ0n) is 9.20. The van der Waals surface area contributed by atoms with Crippen molar-refractivity contribution in [2.75, 3.05) is 6.61 Å². The zero-order chi connectivity index (χ0) is 10.4. The first kappa shape index (κ1) is 16.3. The van der Waals surface area contributed by atoms with E-state index in [2.05, 4.69) is 0 Å². The summed E-state index contributed by atoms with van der Waals surface area (Å²) < 4.78 is 5.11. The molecule has 0 rings (SSSR count). The number of hydrogen-bond donors (Lipinski definition) is 1. The zero-order valence-corrected chi connectivity index (χ0v) is 10.8. The van der Waals surface area contributed by atoms with Crippen LogP contribution in [0.5, 0.6) is 0 Å². The number of ketones is 1. The molecule has 0 heterocycles. The number of allylic oxidation sites excluding steroid dienone is 1. The molecule has 0 aliphatic rings. The third kappa shape index (κ3) is 6.36. The van der Waals surface area contributed by atoms with Gasteiger partial charge in [-0.15, -0.1) is 0 Å². The molecule has 14 heavy (non-hydrogen) atoms. The summed E-state index contributed by atoms with van der Waals surface area (Å²) in [5.74, 6) is -0.166. The molecule has 1 atom stereocenters. The molecular weight excluding hydrogens is 216 g/mol. The molecule has 1 N–H and O–H groups in total. The van der Waals surface area contributed by atoms with Gasteiger partial charge in [-0.3, -0.25) is 4.79 Å². The SMILES string of the molecule is CCOC(C)/C(O)=C/C(=O)C(C)C.[Ti]. The van der Waals surface area contributed by atoms with Crippen molar-refractivity contribution < 1.29 is 36.4 Å². The molecule has 4 heteroatoms. The molecule has 0 aliphatic carbocycles. The topological polar surface area (TPSA) is 46.5 Å². The van der Waals surface area contributed by atoms with Crippen molar-refractivity contribution >= 4 is 5.78 Å². The van der Waals surface area contributed by atoms with Crippen LogP contribution in [0.2, 0.25) is 0 Å². The standard InChI is InChI=1S/C10H18O3.Ti/c1-5-13-8(4)10(12)6-9(11)7(2)3;/h6-8,12H,5H2,1-4H3;/b10-6-;. The van der Waals surface area contributed by atoms with Gasteiger partial charge < -0.3 is 9.84 Å². The van der Waals surface area contributed by atoms with E-state index in [4.69, 9.17) is 4.74 Å². The Labute approximate surface area is 100 Å². The van der Waals surface area contributed by atoms with Crippen LogP contribution in [0.1, 0.15) is 27.7 Å². The van der Waals surface area contributed by atoms with Crippen LogP contribution in [0.4, 0.5) is 0 Å². The average Bonchev–Trinajstić information content (AvgIpc) is 2.04. The van der Waals surface area contributed by atoms with Gasteiger partial charge in [-0.2, -0.15) is 0 Å². The first-order valence-electron chi connectivity index (χ1n) is 4.55. The van der Waals surface area contributed by atoms with E-state index < -0.39 is 6.10 Å². The number of ether oxygens (including phenoxy) is 1. The molecule has 0 aromatic heterocycles. The van der Waals surface area contributed by atoms with E-state index in [0.717, 1.165) is 0 Å². The summed E-state index contributed by atoms with van der Waals surface area (Å²) in [6, 6.07) is 0. The van der Waals surface area contributed by atoms with Gasteiger partial charge in [0.05, 0.1) is 0 Å². The van der Waals surface area contributed by atoms with Gasteiger partial charge in [0.15, 0.2) is 5.78 Å². The first-order chi connectivity index (χ1) is 5.99. The quantitative estimate of drug-likeness (QED) is 0.450. The maximum Gasteiger partial charge on any atom is 0.161 e. The smallest absolute Gasteiger partial charge is 0.161 e. The Bertz CT molecular complexity index is 200. The van der Waals surface area contributed by atoms with Crippen LogP contribution in [0.3, 0.4) is 0 Å². The van der Waals surface area contributed by atoms with Crippen LogP contribution >= 0.6 is 0 Å². The molecule has 0 fully saturated rings. The van der Waals surface area contributed by atoms with Crippen molar-refractivity contribution in [2.45, 2.75) is 33.8 Å². The van der Waals surface area contributed by atoms with Crippen molar-refractivity contribution in [1.82, 2.24) is 0 Å². The molecule has 0 aromatic rings. The Balaban J connectivity index is 0. The summed E-state index contributed by atoms with van der Waals surface area (Å²) >= 11 is 0. The molecule has 0 amide bonds. The van der Waals surface area contributed by atoms with E-state index >= 15 is 0 Å². The minimum absolute atomic E-state index is 0. The minimum atomic E-state index is -0.396. The van der Waals surface area contributed by atoms with Crippen molar-refractivity contribution in [1.29, 1.82) is 0 Å². The van der Waals surface area contributed by atoms with Gasteiger partial charge in [-0.1, -0.05) is 13.8 Å². The third-order valence-corrected chi connectivity index (χ3v) is 1.69. The van der Waals surface area contributed by atoms with Crippen LogP contribution in [0, 0.1) is 5.92 Å². The predicted octanol–water partition coefficient (Wildman–Crippen LogP) is 2.08. The second kappa shape index (κ2) is 8.21. The molecule has 0 saturated carbocycles. The maximum atomic E-state index is 11.2. The predicted molar refractivity (Wildman–Crippen MR) is 51.6 cm³/mol. The minimum Gasteiger partial charge on any atom is -0.509 e. The fraction of sp³-hybridized carbons (Fsp3) is 0.700. The molecule has 3 nitrogen and oxygen atoms in total. The number of aliphatic hydroxyl groups excluding tert-OH is 1. The molecule has 1 unspecified atom stereocenters. The van der Waals surface area contributed by atoms with Crippen LogP contribution in [0.25, 0.3) is 0 Å². The third-order valence-electron chi connectivity index (χ3n) is 1.69. The van der Waals surface area contributed by atoms with E-state index in [-0.39, 0.29) is 39.2 Å². The summed E-state index contributed by atoms with van der Waals surface area (Å²) in [5, 5.41) is 9.38. The molecule has 0 spiro atoms. The Morgan fingerprint density at radius 1 is 1.43 bits per heavy atom. The van der Waals surface area contributed by atoms with Crippen molar-refractivity contribution in [3.8, 4) is 0 Å². The van der Waals surface area contributed by atoms with E-state index in [1.54, 1.807) is 20.8 Å². The second-order valence-corrected chi connectivity index (χ2v) is 3.22. The van der Waals surface area contributed by atoms with Gasteiger partial charge >= 0.3 is 0 Å². The van der Waals surface area contributed by atoms with Crippen LogP contribution < -0.4 is 0 Å². The molecule has 0 aliphatic heterocycles. The van der Waals surface area contributed by atoms with Gasteiger partial charge in [0, 0.05) is 40.3 Å².